The maximum Gasteiger partial charge on any atom is 0.407 e. The van der Waals surface area contributed by atoms with Crippen molar-refractivity contribution in [2.24, 2.45) is 5.92 Å². The Bertz CT molecular complexity index is 1500. The first kappa shape index (κ1) is 37.1. The quantitative estimate of drug-likeness (QED) is 0.171. The first-order valence-electron chi connectivity index (χ1n) is 18.0. The number of carbonyl (C=O) groups excluding carboxylic acids is 3. The van der Waals surface area contributed by atoms with Crippen LogP contribution in [0, 0.1) is 5.92 Å². The van der Waals surface area contributed by atoms with Gasteiger partial charge in [0, 0.05) is 26.1 Å². The second-order valence-corrected chi connectivity index (χ2v) is 14.4. The highest BCUT2D eigenvalue weighted by atomic mass is 16.6. The predicted octanol–water partition coefficient (Wildman–Crippen LogP) is 5.69. The minimum Gasteiger partial charge on any atom is -0.484 e. The number of carbonyl (C=O) groups is 3. The lowest BCUT2D eigenvalue weighted by Crippen LogP contribution is -2.51. The van der Waals surface area contributed by atoms with E-state index in [0.29, 0.717) is 61.6 Å². The van der Waals surface area contributed by atoms with Crippen molar-refractivity contribution in [3.05, 3.63) is 60.5 Å². The van der Waals surface area contributed by atoms with Gasteiger partial charge in [0.15, 0.2) is 18.3 Å². The molecule has 12 nitrogen and oxygen atoms in total. The van der Waals surface area contributed by atoms with E-state index >= 15 is 0 Å². The number of amides is 3. The lowest BCUT2D eigenvalue weighted by atomic mass is 9.90. The zero-order valence-corrected chi connectivity index (χ0v) is 29.5. The summed E-state index contributed by atoms with van der Waals surface area (Å²) < 4.78 is 23.3. The monoisotopic (exact) mass is 692 g/mol. The molecular weight excluding hydrogens is 640 g/mol. The van der Waals surface area contributed by atoms with E-state index < -0.39 is 35.8 Å². The third-order valence-electron chi connectivity index (χ3n) is 9.17. The summed E-state index contributed by atoms with van der Waals surface area (Å²) in [4.78, 5) is 45.7. The van der Waals surface area contributed by atoms with Gasteiger partial charge in [-0.3, -0.25) is 9.59 Å². The number of aromatic nitrogens is 1. The summed E-state index contributed by atoms with van der Waals surface area (Å²) in [6.45, 7) is 6.42. The van der Waals surface area contributed by atoms with Crippen LogP contribution in [-0.4, -0.2) is 83.0 Å². The van der Waals surface area contributed by atoms with Crippen LogP contribution in [0.2, 0.25) is 0 Å². The molecule has 2 heterocycles. The standard InChI is InChI=1S/C38H52N4O8/c1-38(2,3)50-37(46)39-21-13-12-19-30(34(44)36-41-29-18-10-11-20-32(29)49-36)40-35(45)31-22-28(47-24-26-14-6-4-7-15-26)23-42(31)33(43)25-48-27-16-8-5-9-17-27/h5,8-11,16-18,20,26,28,30-31,34,44H,4,6-7,12-15,19,21-25H2,1-3H3,(H,39,46)(H,40,45)/t28-,30+,31+,34?/m1/s1. The van der Waals surface area contributed by atoms with Crippen LogP contribution < -0.4 is 15.4 Å². The smallest absolute Gasteiger partial charge is 0.407 e. The number of unbranched alkanes of at least 4 members (excludes halogenated alkanes) is 1. The maximum absolute atomic E-state index is 14.1. The van der Waals surface area contributed by atoms with Crippen molar-refractivity contribution >= 4 is 29.0 Å². The van der Waals surface area contributed by atoms with E-state index in [4.69, 9.17) is 18.6 Å². The number of ether oxygens (including phenoxy) is 3. The van der Waals surface area contributed by atoms with Gasteiger partial charge in [-0.15, -0.1) is 0 Å². The number of hydrogen-bond acceptors (Lipinski definition) is 9. The Kier molecular flexibility index (Phi) is 13.1. The van der Waals surface area contributed by atoms with Crippen LogP contribution in [0.1, 0.15) is 90.6 Å². The Hall–Kier alpha value is -4.16. The van der Waals surface area contributed by atoms with E-state index in [2.05, 4.69) is 15.6 Å². The number of para-hydroxylation sites is 3. The van der Waals surface area contributed by atoms with Crippen molar-refractivity contribution in [1.82, 2.24) is 20.5 Å². The van der Waals surface area contributed by atoms with Gasteiger partial charge in [0.05, 0.1) is 12.1 Å². The Morgan fingerprint density at radius 3 is 2.50 bits per heavy atom. The molecule has 3 aromatic rings. The molecule has 0 bridgehead atoms. The lowest BCUT2D eigenvalue weighted by Gasteiger charge is -2.28. The van der Waals surface area contributed by atoms with Crippen molar-refractivity contribution in [2.75, 3.05) is 26.3 Å². The molecule has 1 aromatic heterocycles. The number of aliphatic hydroxyl groups excluding tert-OH is 1. The molecule has 1 aliphatic heterocycles. The molecule has 0 spiro atoms. The molecule has 4 atom stereocenters. The fourth-order valence-electron chi connectivity index (χ4n) is 6.58. The molecule has 1 saturated carbocycles. The van der Waals surface area contributed by atoms with E-state index in [1.54, 1.807) is 45.0 Å². The third-order valence-corrected chi connectivity index (χ3v) is 9.17. The van der Waals surface area contributed by atoms with Gasteiger partial charge in [0.2, 0.25) is 11.8 Å². The largest absolute Gasteiger partial charge is 0.484 e. The fraction of sp³-hybridized carbons (Fsp3) is 0.579. The van der Waals surface area contributed by atoms with Crippen LogP contribution in [0.4, 0.5) is 4.79 Å². The molecule has 3 amide bonds. The van der Waals surface area contributed by atoms with Crippen molar-refractivity contribution in [3.63, 3.8) is 0 Å². The van der Waals surface area contributed by atoms with E-state index in [1.807, 2.05) is 30.3 Å². The first-order valence-corrected chi connectivity index (χ1v) is 18.0. The summed E-state index contributed by atoms with van der Waals surface area (Å²) in [6, 6.07) is 14.7. The SMILES string of the molecule is CC(C)(C)OC(=O)NCCCC[C@H](NC(=O)[C@@H]1C[C@@H](OCC2CCCCC2)CN1C(=O)COc1ccccc1)C(O)c1nc2ccccc2o1. The zero-order chi connectivity index (χ0) is 35.5. The Balaban J connectivity index is 1.26. The van der Waals surface area contributed by atoms with Crippen LogP contribution in [0.25, 0.3) is 11.1 Å². The highest BCUT2D eigenvalue weighted by molar-refractivity contribution is 5.89. The molecule has 12 heteroatoms. The maximum atomic E-state index is 14.1. The topological polar surface area (TPSA) is 152 Å². The molecule has 1 unspecified atom stereocenters. The summed E-state index contributed by atoms with van der Waals surface area (Å²) in [5, 5.41) is 17.3. The van der Waals surface area contributed by atoms with Crippen LogP contribution in [0.15, 0.2) is 59.0 Å². The fourth-order valence-corrected chi connectivity index (χ4v) is 6.58. The Labute approximate surface area is 294 Å². The molecule has 272 valence electrons. The normalized spacial score (nSPS) is 19.6. The molecule has 2 aromatic carbocycles. The molecule has 5 rings (SSSR count). The Morgan fingerprint density at radius 2 is 1.76 bits per heavy atom. The third kappa shape index (κ3) is 10.9. The van der Waals surface area contributed by atoms with Crippen molar-refractivity contribution in [3.8, 4) is 5.75 Å². The number of nitrogens with zero attached hydrogens (tertiary/aromatic N) is 2. The Morgan fingerprint density at radius 1 is 1.02 bits per heavy atom. The number of rotatable bonds is 15. The van der Waals surface area contributed by atoms with Gasteiger partial charge in [-0.05, 0) is 83.1 Å². The number of alkyl carbamates (subject to hydrolysis) is 1. The van der Waals surface area contributed by atoms with Gasteiger partial charge in [-0.25, -0.2) is 9.78 Å². The summed E-state index contributed by atoms with van der Waals surface area (Å²) in [7, 11) is 0. The average molecular weight is 693 g/mol. The molecule has 0 radical (unpaired) electrons. The van der Waals surface area contributed by atoms with E-state index in [-0.39, 0.29) is 31.1 Å². The number of oxazole rings is 1. The van der Waals surface area contributed by atoms with Gasteiger partial charge >= 0.3 is 6.09 Å². The molecule has 1 aliphatic carbocycles. The first-order chi connectivity index (χ1) is 24.1. The van der Waals surface area contributed by atoms with Crippen LogP contribution in [0.5, 0.6) is 5.75 Å². The van der Waals surface area contributed by atoms with E-state index in [1.165, 1.54) is 24.2 Å². The molecule has 50 heavy (non-hydrogen) atoms. The molecule has 3 N–H and O–H groups in total. The van der Waals surface area contributed by atoms with Crippen LogP contribution in [-0.2, 0) is 19.1 Å². The summed E-state index contributed by atoms with van der Waals surface area (Å²) in [5.74, 6) is 0.431. The highest BCUT2D eigenvalue weighted by Gasteiger charge is 2.42. The van der Waals surface area contributed by atoms with Gasteiger partial charge in [0.25, 0.3) is 5.91 Å². The average Bonchev–Trinajstić information content (AvgIpc) is 3.74. The summed E-state index contributed by atoms with van der Waals surface area (Å²) in [5.41, 5.74) is 0.515. The van der Waals surface area contributed by atoms with Crippen molar-refractivity contribution in [2.45, 2.75) is 108 Å². The van der Waals surface area contributed by atoms with Gasteiger partial charge in [-0.2, -0.15) is 0 Å². The van der Waals surface area contributed by atoms with Gasteiger partial charge < -0.3 is 39.3 Å². The molecular formula is C38H52N4O8. The number of nitrogens with one attached hydrogen (secondary N) is 2. The number of fused-ring (bicyclic) bond motifs is 1. The highest BCUT2D eigenvalue weighted by Crippen LogP contribution is 2.29. The molecule has 2 fully saturated rings. The van der Waals surface area contributed by atoms with E-state index in [9.17, 15) is 19.5 Å². The van der Waals surface area contributed by atoms with Gasteiger partial charge in [-0.1, -0.05) is 49.6 Å². The predicted molar refractivity (Wildman–Crippen MR) is 187 cm³/mol. The minimum atomic E-state index is -1.25. The minimum absolute atomic E-state index is 0.0905. The molecule has 1 saturated heterocycles. The lowest BCUT2D eigenvalue weighted by molar-refractivity contribution is -0.140. The summed E-state index contributed by atoms with van der Waals surface area (Å²) >= 11 is 0. The number of benzene rings is 2. The van der Waals surface area contributed by atoms with E-state index in [0.717, 1.165) is 12.8 Å². The van der Waals surface area contributed by atoms with Crippen LogP contribution >= 0.6 is 0 Å². The number of aliphatic hydroxyl groups is 1. The van der Waals surface area contributed by atoms with Crippen LogP contribution in [0.3, 0.4) is 0 Å². The zero-order valence-electron chi connectivity index (χ0n) is 29.5. The molecule has 2 aliphatic rings. The number of hydrogen-bond donors (Lipinski definition) is 3. The van der Waals surface area contributed by atoms with Crippen molar-refractivity contribution < 1.29 is 38.1 Å². The second-order valence-electron chi connectivity index (χ2n) is 14.4. The number of likely N-dealkylation sites (tertiary alicyclic amines) is 1. The van der Waals surface area contributed by atoms with Gasteiger partial charge in [0.1, 0.15) is 22.9 Å². The van der Waals surface area contributed by atoms with Crippen molar-refractivity contribution in [1.29, 1.82) is 0 Å². The second kappa shape index (κ2) is 17.7. The summed E-state index contributed by atoms with van der Waals surface area (Å²) in [6.07, 6.45) is 5.69.